The van der Waals surface area contributed by atoms with Gasteiger partial charge in [0.25, 0.3) is 0 Å². The molecule has 2 heterocycles. The lowest BCUT2D eigenvalue weighted by Crippen LogP contribution is -2.44. The molecular formula is C21H27FN4O3. The summed E-state index contributed by atoms with van der Waals surface area (Å²) in [5, 5.41) is 7.19. The largest absolute Gasteiger partial charge is 0.493 e. The number of rotatable bonds is 6. The van der Waals surface area contributed by atoms with Crippen molar-refractivity contribution in [2.45, 2.75) is 56.9 Å². The summed E-state index contributed by atoms with van der Waals surface area (Å²) in [6.45, 7) is 1.69. The van der Waals surface area contributed by atoms with E-state index in [1.54, 1.807) is 12.1 Å². The fraction of sp³-hybridized carbons (Fsp3) is 0.571. The molecule has 2 amide bonds. The quantitative estimate of drug-likeness (QED) is 0.798. The van der Waals surface area contributed by atoms with Crippen molar-refractivity contribution in [3.8, 4) is 5.75 Å². The van der Waals surface area contributed by atoms with E-state index < -0.39 is 0 Å². The summed E-state index contributed by atoms with van der Waals surface area (Å²) in [5.74, 6) is 1.54. The minimum atomic E-state index is -0.293. The van der Waals surface area contributed by atoms with E-state index in [2.05, 4.69) is 15.5 Å². The maximum Gasteiger partial charge on any atom is 0.317 e. The van der Waals surface area contributed by atoms with E-state index in [9.17, 15) is 9.18 Å². The number of halogens is 1. The van der Waals surface area contributed by atoms with Crippen LogP contribution in [0.5, 0.6) is 5.75 Å². The van der Waals surface area contributed by atoms with Crippen molar-refractivity contribution in [1.29, 1.82) is 0 Å². The zero-order valence-electron chi connectivity index (χ0n) is 16.5. The molecule has 1 N–H and O–H groups in total. The first kappa shape index (κ1) is 19.7. The Balaban J connectivity index is 1.23. The molecule has 1 unspecified atom stereocenters. The van der Waals surface area contributed by atoms with Crippen LogP contribution in [0.3, 0.4) is 0 Å². The minimum absolute atomic E-state index is 0.0202. The van der Waals surface area contributed by atoms with Gasteiger partial charge in [0.1, 0.15) is 11.6 Å². The van der Waals surface area contributed by atoms with Crippen molar-refractivity contribution in [1.82, 2.24) is 20.4 Å². The summed E-state index contributed by atoms with van der Waals surface area (Å²) in [7, 11) is 0. The van der Waals surface area contributed by atoms with Crippen LogP contribution in [0.4, 0.5) is 9.18 Å². The number of likely N-dealkylation sites (tertiary alicyclic amines) is 1. The summed E-state index contributed by atoms with van der Waals surface area (Å²) in [6, 6.07) is 6.22. The number of hydrogen-bond acceptors (Lipinski definition) is 5. The van der Waals surface area contributed by atoms with E-state index >= 15 is 0 Å². The number of benzene rings is 1. The second-order valence-corrected chi connectivity index (χ2v) is 7.82. The van der Waals surface area contributed by atoms with Crippen LogP contribution in [0.25, 0.3) is 0 Å². The molecular weight excluding hydrogens is 375 g/mol. The highest BCUT2D eigenvalue weighted by atomic mass is 19.1. The van der Waals surface area contributed by atoms with Gasteiger partial charge in [0.05, 0.1) is 12.5 Å². The van der Waals surface area contributed by atoms with Crippen LogP contribution in [-0.2, 0) is 6.42 Å². The van der Waals surface area contributed by atoms with Gasteiger partial charge in [-0.1, -0.05) is 24.4 Å². The Morgan fingerprint density at radius 1 is 1.21 bits per heavy atom. The van der Waals surface area contributed by atoms with Gasteiger partial charge in [0, 0.05) is 25.6 Å². The predicted octanol–water partition coefficient (Wildman–Crippen LogP) is 3.66. The number of carbonyl (C=O) groups is 1. The van der Waals surface area contributed by atoms with Crippen LogP contribution >= 0.6 is 0 Å². The molecule has 2 fully saturated rings. The van der Waals surface area contributed by atoms with Crippen molar-refractivity contribution in [2.24, 2.45) is 0 Å². The smallest absolute Gasteiger partial charge is 0.317 e. The third kappa shape index (κ3) is 5.25. The highest BCUT2D eigenvalue weighted by molar-refractivity contribution is 5.75. The molecule has 0 spiro atoms. The SMILES string of the molecule is O=C(NC1CCCCC1)N1CCC(c2nc(CCOc3ccc(F)cc3)no2)C1. The van der Waals surface area contributed by atoms with Gasteiger partial charge >= 0.3 is 6.03 Å². The van der Waals surface area contributed by atoms with Crippen molar-refractivity contribution in [2.75, 3.05) is 19.7 Å². The summed E-state index contributed by atoms with van der Waals surface area (Å²) in [4.78, 5) is 18.8. The topological polar surface area (TPSA) is 80.5 Å². The van der Waals surface area contributed by atoms with Crippen LogP contribution in [0.2, 0.25) is 0 Å². The maximum atomic E-state index is 12.9. The molecule has 1 atom stereocenters. The van der Waals surface area contributed by atoms with Crippen molar-refractivity contribution < 1.29 is 18.4 Å². The second-order valence-electron chi connectivity index (χ2n) is 7.82. The standard InChI is InChI=1S/C21H27FN4O3/c22-16-6-8-18(9-7-16)28-13-11-19-24-20(29-25-19)15-10-12-26(14-15)21(27)23-17-4-2-1-3-5-17/h6-9,15,17H,1-5,10-14H2,(H,23,27). The van der Waals surface area contributed by atoms with Crippen molar-refractivity contribution in [3.63, 3.8) is 0 Å². The fourth-order valence-corrected chi connectivity index (χ4v) is 3.98. The average molecular weight is 402 g/mol. The zero-order valence-corrected chi connectivity index (χ0v) is 16.5. The number of ether oxygens (including phenoxy) is 1. The molecule has 2 aliphatic rings. The Morgan fingerprint density at radius 3 is 2.79 bits per heavy atom. The molecule has 1 aromatic carbocycles. The number of aromatic nitrogens is 2. The molecule has 2 aromatic rings. The molecule has 156 valence electrons. The first-order chi connectivity index (χ1) is 14.2. The van der Waals surface area contributed by atoms with Gasteiger partial charge in [-0.15, -0.1) is 0 Å². The third-order valence-electron chi connectivity index (χ3n) is 5.65. The van der Waals surface area contributed by atoms with E-state index in [0.717, 1.165) is 19.3 Å². The van der Waals surface area contributed by atoms with Gasteiger partial charge in [-0.25, -0.2) is 9.18 Å². The van der Waals surface area contributed by atoms with Gasteiger partial charge in [-0.05, 0) is 43.5 Å². The normalized spacial score (nSPS) is 20.0. The lowest BCUT2D eigenvalue weighted by molar-refractivity contribution is 0.199. The first-order valence-corrected chi connectivity index (χ1v) is 10.4. The van der Waals surface area contributed by atoms with Crippen molar-refractivity contribution >= 4 is 6.03 Å². The Kier molecular flexibility index (Phi) is 6.27. The first-order valence-electron chi connectivity index (χ1n) is 10.4. The molecule has 7 nitrogen and oxygen atoms in total. The molecule has 4 rings (SSSR count). The molecule has 1 aliphatic carbocycles. The number of amides is 2. The monoisotopic (exact) mass is 402 g/mol. The molecule has 0 radical (unpaired) electrons. The maximum absolute atomic E-state index is 12.9. The molecule has 0 bridgehead atoms. The second kappa shape index (κ2) is 9.24. The van der Waals surface area contributed by atoms with Gasteiger partial charge in [-0.3, -0.25) is 0 Å². The van der Waals surface area contributed by atoms with Crippen LogP contribution in [0, 0.1) is 5.82 Å². The Morgan fingerprint density at radius 2 is 2.00 bits per heavy atom. The Bertz CT molecular complexity index is 805. The fourth-order valence-electron chi connectivity index (χ4n) is 3.98. The molecule has 1 saturated carbocycles. The predicted molar refractivity (Wildman–Crippen MR) is 104 cm³/mol. The van der Waals surface area contributed by atoms with Crippen LogP contribution in [0.15, 0.2) is 28.8 Å². The average Bonchev–Trinajstić information content (AvgIpc) is 3.40. The summed E-state index contributed by atoms with van der Waals surface area (Å²) >= 11 is 0. The van der Waals surface area contributed by atoms with E-state index in [-0.39, 0.29) is 17.8 Å². The molecule has 1 aliphatic heterocycles. The van der Waals surface area contributed by atoms with Gasteiger partial charge in [0.2, 0.25) is 5.89 Å². The molecule has 1 aromatic heterocycles. The van der Waals surface area contributed by atoms with E-state index in [4.69, 9.17) is 9.26 Å². The number of nitrogens with one attached hydrogen (secondary N) is 1. The summed E-state index contributed by atoms with van der Waals surface area (Å²) < 4.78 is 23.9. The summed E-state index contributed by atoms with van der Waals surface area (Å²) in [6.07, 6.45) is 7.15. The van der Waals surface area contributed by atoms with Crippen LogP contribution < -0.4 is 10.1 Å². The molecule has 29 heavy (non-hydrogen) atoms. The van der Waals surface area contributed by atoms with E-state index in [1.165, 1.54) is 31.4 Å². The number of nitrogens with zero attached hydrogens (tertiary/aromatic N) is 3. The van der Waals surface area contributed by atoms with Gasteiger partial charge in [-0.2, -0.15) is 4.98 Å². The van der Waals surface area contributed by atoms with Crippen LogP contribution in [-0.4, -0.2) is 46.8 Å². The van der Waals surface area contributed by atoms with Crippen molar-refractivity contribution in [3.05, 3.63) is 41.8 Å². The lowest BCUT2D eigenvalue weighted by Gasteiger charge is -2.26. The number of urea groups is 1. The zero-order chi connectivity index (χ0) is 20.1. The lowest BCUT2D eigenvalue weighted by atomic mass is 9.96. The van der Waals surface area contributed by atoms with E-state index in [0.29, 0.717) is 49.6 Å². The minimum Gasteiger partial charge on any atom is -0.493 e. The Hall–Kier alpha value is -2.64. The molecule has 8 heteroatoms. The molecule has 1 saturated heterocycles. The highest BCUT2D eigenvalue weighted by Crippen LogP contribution is 2.26. The number of hydrogen-bond donors (Lipinski definition) is 1. The third-order valence-corrected chi connectivity index (χ3v) is 5.65. The van der Waals surface area contributed by atoms with Crippen LogP contribution in [0.1, 0.15) is 56.2 Å². The Labute approximate surface area is 169 Å². The van der Waals surface area contributed by atoms with Gasteiger partial charge in [0.15, 0.2) is 5.82 Å². The number of carbonyl (C=O) groups excluding carboxylic acids is 1. The van der Waals surface area contributed by atoms with E-state index in [1.807, 2.05) is 4.90 Å². The summed E-state index contributed by atoms with van der Waals surface area (Å²) in [5.41, 5.74) is 0. The highest BCUT2D eigenvalue weighted by Gasteiger charge is 2.32. The van der Waals surface area contributed by atoms with Gasteiger partial charge < -0.3 is 19.5 Å².